The molecule has 0 bridgehead atoms. The van der Waals surface area contributed by atoms with Crippen LogP contribution in [-0.2, 0) is 4.74 Å². The van der Waals surface area contributed by atoms with Crippen LogP contribution in [0.5, 0.6) is 0 Å². The van der Waals surface area contributed by atoms with Gasteiger partial charge in [-0.1, -0.05) is 0 Å². The number of amides is 1. The lowest BCUT2D eigenvalue weighted by atomic mass is 9.98. The van der Waals surface area contributed by atoms with Gasteiger partial charge in [-0.05, 0) is 31.6 Å². The second-order valence-corrected chi connectivity index (χ2v) is 5.89. The fraction of sp³-hybridized carbons (Fsp3) is 0.714. The van der Waals surface area contributed by atoms with Crippen molar-refractivity contribution >= 4 is 11.6 Å². The average Bonchev–Trinajstić information content (AvgIpc) is 3.22. The lowest BCUT2D eigenvalue weighted by Gasteiger charge is -2.32. The van der Waals surface area contributed by atoms with Crippen LogP contribution in [0, 0.1) is 5.92 Å². The summed E-state index contributed by atoms with van der Waals surface area (Å²) in [7, 11) is 1.70. The van der Waals surface area contributed by atoms with Crippen LogP contribution in [0.15, 0.2) is 0 Å². The number of carbonyl (C=O) groups is 1. The highest BCUT2D eigenvalue weighted by Crippen LogP contribution is 2.42. The molecule has 1 saturated carbocycles. The number of carbonyl (C=O) groups excluding carboxylic acids is 1. The van der Waals surface area contributed by atoms with Crippen molar-refractivity contribution in [3.8, 4) is 0 Å². The molecule has 6 nitrogen and oxygen atoms in total. The molecule has 3 rings (SSSR count). The summed E-state index contributed by atoms with van der Waals surface area (Å²) in [5.41, 5.74) is 7.96. The molecule has 2 fully saturated rings. The third-order valence-corrected chi connectivity index (χ3v) is 4.23. The average molecular weight is 278 g/mol. The van der Waals surface area contributed by atoms with Gasteiger partial charge in [-0.15, -0.1) is 0 Å². The summed E-state index contributed by atoms with van der Waals surface area (Å²) >= 11 is 0. The topological polar surface area (TPSA) is 84.2 Å². The number of piperidine rings is 1. The maximum Gasteiger partial charge on any atom is 0.276 e. The van der Waals surface area contributed by atoms with Crippen molar-refractivity contribution < 1.29 is 9.53 Å². The maximum atomic E-state index is 12.5. The highest BCUT2D eigenvalue weighted by molar-refractivity contribution is 5.97. The molecule has 20 heavy (non-hydrogen) atoms. The lowest BCUT2D eigenvalue weighted by Crippen LogP contribution is -2.41. The fourth-order valence-corrected chi connectivity index (χ4v) is 2.98. The Kier molecular flexibility index (Phi) is 3.65. The highest BCUT2D eigenvalue weighted by atomic mass is 16.5. The first-order valence-corrected chi connectivity index (χ1v) is 7.32. The van der Waals surface area contributed by atoms with Crippen molar-refractivity contribution in [1.29, 1.82) is 0 Å². The Hall–Kier alpha value is -1.56. The van der Waals surface area contributed by atoms with E-state index in [0.717, 1.165) is 44.5 Å². The largest absolute Gasteiger partial charge is 0.395 e. The van der Waals surface area contributed by atoms with Crippen LogP contribution in [0.1, 0.15) is 47.8 Å². The molecule has 2 aliphatic rings. The molecule has 1 atom stereocenters. The van der Waals surface area contributed by atoms with Crippen molar-refractivity contribution in [3.05, 3.63) is 11.4 Å². The number of nitrogen functional groups attached to an aromatic ring is 1. The maximum absolute atomic E-state index is 12.5. The lowest BCUT2D eigenvalue weighted by molar-refractivity contribution is 0.0566. The van der Waals surface area contributed by atoms with Gasteiger partial charge in [-0.2, -0.15) is 5.10 Å². The van der Waals surface area contributed by atoms with Gasteiger partial charge in [0.15, 0.2) is 5.69 Å². The first-order valence-electron chi connectivity index (χ1n) is 7.32. The predicted molar refractivity (Wildman–Crippen MR) is 75.5 cm³/mol. The number of ether oxygens (including phenoxy) is 1. The normalized spacial score (nSPS) is 23.1. The number of nitrogens with zero attached hydrogens (tertiary/aromatic N) is 2. The zero-order valence-corrected chi connectivity index (χ0v) is 11.9. The van der Waals surface area contributed by atoms with E-state index in [0.29, 0.717) is 29.8 Å². The van der Waals surface area contributed by atoms with Crippen LogP contribution < -0.4 is 5.73 Å². The second-order valence-electron chi connectivity index (χ2n) is 5.89. The number of anilines is 1. The number of aromatic amines is 1. The van der Waals surface area contributed by atoms with Crippen molar-refractivity contribution in [3.63, 3.8) is 0 Å². The van der Waals surface area contributed by atoms with Gasteiger partial charge in [0.25, 0.3) is 5.91 Å². The van der Waals surface area contributed by atoms with E-state index in [1.54, 1.807) is 7.11 Å². The molecule has 0 radical (unpaired) electrons. The number of aromatic nitrogens is 2. The van der Waals surface area contributed by atoms with Gasteiger partial charge in [-0.25, -0.2) is 0 Å². The van der Waals surface area contributed by atoms with E-state index >= 15 is 0 Å². The molecule has 1 aromatic rings. The van der Waals surface area contributed by atoms with Crippen LogP contribution in [0.25, 0.3) is 0 Å². The Balaban J connectivity index is 1.71. The summed E-state index contributed by atoms with van der Waals surface area (Å²) in [6, 6.07) is 0. The molecule has 6 heteroatoms. The molecule has 1 saturated heterocycles. The second kappa shape index (κ2) is 5.44. The van der Waals surface area contributed by atoms with Gasteiger partial charge < -0.3 is 15.4 Å². The fourth-order valence-electron chi connectivity index (χ4n) is 2.98. The Morgan fingerprint density at radius 1 is 1.50 bits per heavy atom. The van der Waals surface area contributed by atoms with Crippen molar-refractivity contribution in [2.24, 2.45) is 5.92 Å². The first-order chi connectivity index (χ1) is 9.70. The number of hydrogen-bond acceptors (Lipinski definition) is 4. The van der Waals surface area contributed by atoms with E-state index in [1.807, 2.05) is 4.90 Å². The summed E-state index contributed by atoms with van der Waals surface area (Å²) in [6.07, 6.45) is 4.40. The molecule has 1 aromatic heterocycles. The van der Waals surface area contributed by atoms with Gasteiger partial charge >= 0.3 is 0 Å². The molecule has 3 N–H and O–H groups in total. The Morgan fingerprint density at radius 2 is 2.30 bits per heavy atom. The van der Waals surface area contributed by atoms with E-state index in [4.69, 9.17) is 10.5 Å². The van der Waals surface area contributed by atoms with Crippen LogP contribution in [-0.4, -0.2) is 47.8 Å². The van der Waals surface area contributed by atoms with Gasteiger partial charge in [0.2, 0.25) is 0 Å². The van der Waals surface area contributed by atoms with Gasteiger partial charge in [-0.3, -0.25) is 9.89 Å². The van der Waals surface area contributed by atoms with E-state index in [2.05, 4.69) is 10.2 Å². The summed E-state index contributed by atoms with van der Waals surface area (Å²) < 4.78 is 5.20. The minimum Gasteiger partial charge on any atom is -0.395 e. The molecule has 110 valence electrons. The summed E-state index contributed by atoms with van der Waals surface area (Å²) in [5, 5.41) is 7.10. The smallest absolute Gasteiger partial charge is 0.276 e. The molecule has 0 aromatic carbocycles. The molecule has 0 spiro atoms. The third kappa shape index (κ3) is 2.52. The van der Waals surface area contributed by atoms with E-state index in [9.17, 15) is 4.79 Å². The molecular weight excluding hydrogens is 256 g/mol. The van der Waals surface area contributed by atoms with Crippen LogP contribution >= 0.6 is 0 Å². The quantitative estimate of drug-likeness (QED) is 0.871. The van der Waals surface area contributed by atoms with Crippen LogP contribution in [0.3, 0.4) is 0 Å². The first kappa shape index (κ1) is 13.4. The molecule has 2 heterocycles. The van der Waals surface area contributed by atoms with Crippen molar-refractivity contribution in [2.75, 3.05) is 32.5 Å². The number of rotatable bonds is 4. The van der Waals surface area contributed by atoms with Crippen LogP contribution in [0.4, 0.5) is 5.69 Å². The van der Waals surface area contributed by atoms with Crippen molar-refractivity contribution in [1.82, 2.24) is 15.1 Å². The number of nitrogens with one attached hydrogen (secondary N) is 1. The molecule has 1 aliphatic carbocycles. The summed E-state index contributed by atoms with van der Waals surface area (Å²) in [4.78, 5) is 14.4. The monoisotopic (exact) mass is 278 g/mol. The number of methoxy groups -OCH3 is 1. The highest BCUT2D eigenvalue weighted by Gasteiger charge is 2.32. The minimum absolute atomic E-state index is 0.0496. The predicted octanol–water partition coefficient (Wildman–Crippen LogP) is 1.37. The molecular formula is C14H22N4O2. The minimum atomic E-state index is -0.0496. The Labute approximate surface area is 118 Å². The number of likely N-dealkylation sites (tertiary alicyclic amines) is 1. The summed E-state index contributed by atoms with van der Waals surface area (Å²) in [5.74, 6) is 0.846. The SMILES string of the molecule is COCC1CCCN(C(=O)c2n[nH]c(C3CC3)c2N)C1. The van der Waals surface area contributed by atoms with E-state index in [1.165, 1.54) is 0 Å². The third-order valence-electron chi connectivity index (χ3n) is 4.23. The number of hydrogen-bond donors (Lipinski definition) is 2. The zero-order valence-electron chi connectivity index (χ0n) is 11.9. The van der Waals surface area contributed by atoms with Gasteiger partial charge in [0, 0.05) is 26.1 Å². The van der Waals surface area contributed by atoms with Crippen molar-refractivity contribution in [2.45, 2.75) is 31.6 Å². The standard InChI is InChI=1S/C14H22N4O2/c1-20-8-9-3-2-6-18(7-9)14(19)13-11(15)12(16-17-13)10-4-5-10/h9-10H,2-8,15H2,1H3,(H,16,17). The van der Waals surface area contributed by atoms with Crippen LogP contribution in [0.2, 0.25) is 0 Å². The Bertz CT molecular complexity index is 493. The zero-order chi connectivity index (χ0) is 14.1. The van der Waals surface area contributed by atoms with E-state index in [-0.39, 0.29) is 5.91 Å². The van der Waals surface area contributed by atoms with Gasteiger partial charge in [0.1, 0.15) is 0 Å². The molecule has 1 amide bonds. The van der Waals surface area contributed by atoms with Gasteiger partial charge in [0.05, 0.1) is 18.0 Å². The number of nitrogens with two attached hydrogens (primary N) is 1. The summed E-state index contributed by atoms with van der Waals surface area (Å²) in [6.45, 7) is 2.22. The molecule has 1 aliphatic heterocycles. The number of H-pyrrole nitrogens is 1. The van der Waals surface area contributed by atoms with E-state index < -0.39 is 0 Å². The Morgan fingerprint density at radius 3 is 3.00 bits per heavy atom. The molecule has 1 unspecified atom stereocenters.